The van der Waals surface area contributed by atoms with Gasteiger partial charge >= 0.3 is 0 Å². The first-order chi connectivity index (χ1) is 21.3. The summed E-state index contributed by atoms with van der Waals surface area (Å²) in [6.07, 6.45) is 0. The van der Waals surface area contributed by atoms with E-state index in [1.54, 1.807) is 0 Å². The second-order valence-corrected chi connectivity index (χ2v) is 13.3. The number of nitrogens with zero attached hydrogens (tertiary/aromatic N) is 2. The molecule has 0 spiro atoms. The molecule has 0 amide bonds. The van der Waals surface area contributed by atoms with Crippen molar-refractivity contribution in [3.63, 3.8) is 0 Å². The smallest absolute Gasteiger partial charge is 0.265 e. The largest absolute Gasteiger partial charge is 0.276 e. The van der Waals surface area contributed by atoms with E-state index in [1.165, 1.54) is 0 Å². The Morgan fingerprint density at radius 3 is 1.40 bits per heavy atom. The van der Waals surface area contributed by atoms with E-state index >= 15 is 0 Å². The van der Waals surface area contributed by atoms with Gasteiger partial charge in [-0.2, -0.15) is 0 Å². The molecule has 0 radical (unpaired) electrons. The SMILES string of the molecule is O=c1c(-c2ccccc2)c(N=P(c2ccccc2)(c2ccccc2)c2ccccc2)c2ccccc2n1-c1ccccc1. The van der Waals surface area contributed by atoms with Gasteiger partial charge in [0, 0.05) is 27.0 Å². The van der Waals surface area contributed by atoms with Crippen molar-refractivity contribution in [3.8, 4) is 16.8 Å². The molecule has 1 aromatic heterocycles. The van der Waals surface area contributed by atoms with Gasteiger partial charge in [0.25, 0.3) is 5.56 Å². The molecule has 6 aromatic carbocycles. The van der Waals surface area contributed by atoms with Crippen LogP contribution in [-0.4, -0.2) is 4.57 Å². The van der Waals surface area contributed by atoms with Crippen molar-refractivity contribution in [1.82, 2.24) is 4.57 Å². The molecule has 206 valence electrons. The zero-order valence-electron chi connectivity index (χ0n) is 23.5. The fourth-order valence-electron chi connectivity index (χ4n) is 5.83. The predicted molar refractivity (Wildman–Crippen MR) is 182 cm³/mol. The molecule has 0 N–H and O–H groups in total. The summed E-state index contributed by atoms with van der Waals surface area (Å²) in [4.78, 5) is 14.8. The minimum Gasteiger partial charge on any atom is -0.276 e. The second kappa shape index (κ2) is 11.6. The van der Waals surface area contributed by atoms with Gasteiger partial charge in [-0.15, -0.1) is 0 Å². The van der Waals surface area contributed by atoms with Gasteiger partial charge in [-0.25, -0.2) is 0 Å². The second-order valence-electron chi connectivity index (χ2n) is 10.3. The van der Waals surface area contributed by atoms with Crippen LogP contribution in [0.15, 0.2) is 185 Å². The number of para-hydroxylation sites is 2. The zero-order chi connectivity index (χ0) is 29.1. The lowest BCUT2D eigenvalue weighted by Crippen LogP contribution is -2.26. The number of hydrogen-bond acceptors (Lipinski definition) is 2. The third-order valence-electron chi connectivity index (χ3n) is 7.77. The standard InChI is InChI=1S/C39H29N2OP/c42-39-37(30-18-6-1-7-19-30)38(35-28-16-17-29-36(35)41(39)31-20-8-2-9-21-31)40-43(32-22-10-3-11-23-32,33-24-12-4-13-25-33)34-26-14-5-15-27-34/h1-29H. The summed E-state index contributed by atoms with van der Waals surface area (Å²) < 4.78 is 7.72. The van der Waals surface area contributed by atoms with Crippen molar-refractivity contribution in [2.45, 2.75) is 0 Å². The van der Waals surface area contributed by atoms with E-state index in [2.05, 4.69) is 78.9 Å². The van der Waals surface area contributed by atoms with Crippen LogP contribution in [0.3, 0.4) is 0 Å². The van der Waals surface area contributed by atoms with E-state index in [4.69, 9.17) is 4.74 Å². The lowest BCUT2D eigenvalue weighted by atomic mass is 10.0. The van der Waals surface area contributed by atoms with E-state index in [0.29, 0.717) is 11.3 Å². The van der Waals surface area contributed by atoms with E-state index in [0.717, 1.165) is 38.1 Å². The topological polar surface area (TPSA) is 34.4 Å². The van der Waals surface area contributed by atoms with E-state index in [9.17, 15) is 4.79 Å². The molecule has 3 nitrogen and oxygen atoms in total. The fraction of sp³-hybridized carbons (Fsp3) is 0. The molecule has 0 bridgehead atoms. The number of rotatable bonds is 6. The van der Waals surface area contributed by atoms with Crippen molar-refractivity contribution < 1.29 is 0 Å². The van der Waals surface area contributed by atoms with Crippen LogP contribution in [0.4, 0.5) is 5.69 Å². The molecular weight excluding hydrogens is 543 g/mol. The molecule has 0 saturated heterocycles. The highest BCUT2D eigenvalue weighted by molar-refractivity contribution is 7.87. The maximum Gasteiger partial charge on any atom is 0.265 e. The van der Waals surface area contributed by atoms with Gasteiger partial charge in [0.15, 0.2) is 0 Å². The highest BCUT2D eigenvalue weighted by Gasteiger charge is 2.29. The van der Waals surface area contributed by atoms with Gasteiger partial charge < -0.3 is 0 Å². The van der Waals surface area contributed by atoms with Crippen LogP contribution in [0.2, 0.25) is 0 Å². The minimum atomic E-state index is -2.66. The molecule has 0 aliphatic heterocycles. The normalized spacial score (nSPS) is 11.3. The Morgan fingerprint density at radius 2 is 0.884 bits per heavy atom. The Hall–Kier alpha value is -5.24. The Kier molecular flexibility index (Phi) is 7.17. The van der Waals surface area contributed by atoms with Crippen LogP contribution < -0.4 is 21.5 Å². The maximum atomic E-state index is 14.8. The Morgan fingerprint density at radius 1 is 0.465 bits per heavy atom. The van der Waals surface area contributed by atoms with Gasteiger partial charge in [0.05, 0.1) is 23.8 Å². The first kappa shape index (κ1) is 26.6. The van der Waals surface area contributed by atoms with Crippen LogP contribution in [0.25, 0.3) is 27.7 Å². The van der Waals surface area contributed by atoms with Gasteiger partial charge in [-0.1, -0.05) is 158 Å². The van der Waals surface area contributed by atoms with Crippen molar-refractivity contribution in [2.75, 3.05) is 0 Å². The van der Waals surface area contributed by atoms with Crippen LogP contribution in [0, 0.1) is 0 Å². The van der Waals surface area contributed by atoms with Gasteiger partial charge in [0.1, 0.15) is 0 Å². The third kappa shape index (κ3) is 4.74. The molecule has 0 saturated carbocycles. The Balaban J connectivity index is 1.73. The average molecular weight is 573 g/mol. The highest BCUT2D eigenvalue weighted by atomic mass is 31.2. The molecule has 0 unspecified atom stereocenters. The average Bonchev–Trinajstić information content (AvgIpc) is 3.09. The van der Waals surface area contributed by atoms with Gasteiger partial charge in [-0.05, 0) is 23.8 Å². The van der Waals surface area contributed by atoms with Crippen molar-refractivity contribution in [2.24, 2.45) is 4.74 Å². The molecule has 1 heterocycles. The molecule has 0 aliphatic rings. The first-order valence-electron chi connectivity index (χ1n) is 14.4. The first-order valence-corrected chi connectivity index (χ1v) is 16.1. The van der Waals surface area contributed by atoms with Gasteiger partial charge in [-0.3, -0.25) is 14.1 Å². The molecule has 0 aliphatic carbocycles. The Labute approximate surface area is 251 Å². The number of hydrogen-bond donors (Lipinski definition) is 0. The minimum absolute atomic E-state index is 0.0952. The maximum absolute atomic E-state index is 14.8. The number of aromatic nitrogens is 1. The summed E-state index contributed by atoms with van der Waals surface area (Å²) >= 11 is 0. The summed E-state index contributed by atoms with van der Waals surface area (Å²) in [5.74, 6) is 0. The fourth-order valence-corrected chi connectivity index (χ4v) is 9.39. The molecular formula is C39H29N2OP. The lowest BCUT2D eigenvalue weighted by molar-refractivity contribution is 1.05. The van der Waals surface area contributed by atoms with E-state index < -0.39 is 7.05 Å². The molecule has 7 aromatic rings. The highest BCUT2D eigenvalue weighted by Crippen LogP contribution is 2.52. The summed E-state index contributed by atoms with van der Waals surface area (Å²) in [5.41, 5.74) is 3.70. The summed E-state index contributed by atoms with van der Waals surface area (Å²) in [6, 6.07) is 59.6. The van der Waals surface area contributed by atoms with Crippen LogP contribution in [-0.2, 0) is 0 Å². The van der Waals surface area contributed by atoms with E-state index in [1.807, 2.05) is 102 Å². The van der Waals surface area contributed by atoms with E-state index in [-0.39, 0.29) is 5.56 Å². The molecule has 0 fully saturated rings. The summed E-state index contributed by atoms with van der Waals surface area (Å²) in [7, 11) is -2.66. The Bertz CT molecular complexity index is 2020. The predicted octanol–water partition coefficient (Wildman–Crippen LogP) is 8.47. The van der Waals surface area contributed by atoms with Crippen LogP contribution >= 0.6 is 7.05 Å². The summed E-state index contributed by atoms with van der Waals surface area (Å²) in [6.45, 7) is 0. The molecule has 0 atom stereocenters. The lowest BCUT2D eigenvalue weighted by Gasteiger charge is -2.28. The number of pyridine rings is 1. The summed E-state index contributed by atoms with van der Waals surface area (Å²) in [5, 5.41) is 4.31. The molecule has 43 heavy (non-hydrogen) atoms. The van der Waals surface area contributed by atoms with Gasteiger partial charge in [0.2, 0.25) is 0 Å². The van der Waals surface area contributed by atoms with Crippen molar-refractivity contribution in [1.29, 1.82) is 0 Å². The quantitative estimate of drug-likeness (QED) is 0.184. The van der Waals surface area contributed by atoms with Crippen LogP contribution in [0.5, 0.6) is 0 Å². The molecule has 7 rings (SSSR count). The zero-order valence-corrected chi connectivity index (χ0v) is 24.4. The third-order valence-corrected chi connectivity index (χ3v) is 11.4. The van der Waals surface area contributed by atoms with Crippen molar-refractivity contribution in [3.05, 3.63) is 186 Å². The van der Waals surface area contributed by atoms with Crippen LogP contribution in [0.1, 0.15) is 0 Å². The monoisotopic (exact) mass is 572 g/mol. The molecule has 4 heteroatoms. The van der Waals surface area contributed by atoms with Crippen molar-refractivity contribution >= 4 is 39.6 Å². The number of fused-ring (bicyclic) bond motifs is 1. The number of benzene rings is 6.